The van der Waals surface area contributed by atoms with Crippen molar-refractivity contribution in [1.29, 1.82) is 0 Å². The topological polar surface area (TPSA) is 53.1 Å². The summed E-state index contributed by atoms with van der Waals surface area (Å²) in [4.78, 5) is 0. The van der Waals surface area contributed by atoms with Gasteiger partial charge in [-0.25, -0.2) is 8.78 Å². The maximum absolute atomic E-state index is 13.5. The van der Waals surface area contributed by atoms with Gasteiger partial charge in [-0.3, -0.25) is 4.68 Å². The van der Waals surface area contributed by atoms with Gasteiger partial charge in [-0.2, -0.15) is 5.10 Å². The Hall–Kier alpha value is -1.95. The van der Waals surface area contributed by atoms with Crippen molar-refractivity contribution in [3.8, 4) is 11.1 Å². The second kappa shape index (κ2) is 5.44. The van der Waals surface area contributed by atoms with Crippen LogP contribution >= 0.6 is 0 Å². The molecule has 0 saturated carbocycles. The summed E-state index contributed by atoms with van der Waals surface area (Å²) in [6.07, 6.45) is 1.87. The van der Waals surface area contributed by atoms with Crippen molar-refractivity contribution in [2.75, 3.05) is 18.9 Å². The fraction of sp³-hybridized carbons (Fsp3) is 0.400. The summed E-state index contributed by atoms with van der Waals surface area (Å²) in [5, 5.41) is 4.44. The van der Waals surface area contributed by atoms with E-state index in [4.69, 9.17) is 10.5 Å². The number of rotatable bonds is 2. The van der Waals surface area contributed by atoms with Crippen molar-refractivity contribution in [2.24, 2.45) is 7.05 Å². The Kier molecular flexibility index (Phi) is 3.63. The van der Waals surface area contributed by atoms with Crippen LogP contribution in [0.25, 0.3) is 11.1 Å². The average molecular weight is 293 g/mol. The molecule has 1 fully saturated rings. The molecule has 1 atom stereocenters. The Labute approximate surface area is 121 Å². The van der Waals surface area contributed by atoms with Crippen LogP contribution in [0.15, 0.2) is 18.2 Å². The smallest absolute Gasteiger partial charge is 0.129 e. The molecule has 1 aliphatic rings. The van der Waals surface area contributed by atoms with Crippen LogP contribution in [0.2, 0.25) is 0 Å². The van der Waals surface area contributed by atoms with E-state index in [9.17, 15) is 8.78 Å². The number of benzene rings is 1. The highest BCUT2D eigenvalue weighted by Gasteiger charge is 2.26. The minimum absolute atomic E-state index is 0.101. The molecule has 112 valence electrons. The van der Waals surface area contributed by atoms with E-state index in [1.165, 1.54) is 12.1 Å². The van der Waals surface area contributed by atoms with Gasteiger partial charge in [0.25, 0.3) is 0 Å². The SMILES string of the molecule is Cn1nc(C2CCCOC2)c(-c2cc(F)cc(F)c2)c1N. The van der Waals surface area contributed by atoms with Crippen molar-refractivity contribution in [2.45, 2.75) is 18.8 Å². The molecule has 1 unspecified atom stereocenters. The molecule has 2 N–H and O–H groups in total. The summed E-state index contributed by atoms with van der Waals surface area (Å²) < 4.78 is 34.0. The first-order valence-corrected chi connectivity index (χ1v) is 6.93. The van der Waals surface area contributed by atoms with Gasteiger partial charge in [-0.1, -0.05) is 0 Å². The fourth-order valence-corrected chi connectivity index (χ4v) is 2.79. The zero-order valence-corrected chi connectivity index (χ0v) is 11.8. The van der Waals surface area contributed by atoms with Gasteiger partial charge >= 0.3 is 0 Å². The molecule has 0 radical (unpaired) electrons. The van der Waals surface area contributed by atoms with Crippen LogP contribution < -0.4 is 5.73 Å². The summed E-state index contributed by atoms with van der Waals surface area (Å²) in [6, 6.07) is 3.41. The first-order valence-electron chi connectivity index (χ1n) is 6.93. The first-order chi connectivity index (χ1) is 10.1. The van der Waals surface area contributed by atoms with Crippen LogP contribution in [0.4, 0.5) is 14.6 Å². The van der Waals surface area contributed by atoms with Gasteiger partial charge < -0.3 is 10.5 Å². The van der Waals surface area contributed by atoms with Gasteiger partial charge in [0.2, 0.25) is 0 Å². The van der Waals surface area contributed by atoms with E-state index >= 15 is 0 Å². The fourth-order valence-electron chi connectivity index (χ4n) is 2.79. The number of ether oxygens (including phenoxy) is 1. The highest BCUT2D eigenvalue weighted by molar-refractivity contribution is 5.77. The third-order valence-electron chi connectivity index (χ3n) is 3.82. The average Bonchev–Trinajstić information content (AvgIpc) is 2.75. The lowest BCUT2D eigenvalue weighted by molar-refractivity contribution is 0.0793. The normalized spacial score (nSPS) is 18.9. The molecule has 1 aliphatic heterocycles. The predicted molar refractivity (Wildman–Crippen MR) is 75.8 cm³/mol. The molecule has 1 aromatic heterocycles. The van der Waals surface area contributed by atoms with Crippen molar-refractivity contribution < 1.29 is 13.5 Å². The third-order valence-corrected chi connectivity index (χ3v) is 3.82. The van der Waals surface area contributed by atoms with Crippen molar-refractivity contribution in [3.63, 3.8) is 0 Å². The lowest BCUT2D eigenvalue weighted by Crippen LogP contribution is -2.16. The van der Waals surface area contributed by atoms with E-state index in [0.717, 1.165) is 31.2 Å². The van der Waals surface area contributed by atoms with Crippen LogP contribution in [0.1, 0.15) is 24.5 Å². The zero-order valence-electron chi connectivity index (χ0n) is 11.8. The quantitative estimate of drug-likeness (QED) is 0.926. The maximum atomic E-state index is 13.5. The lowest BCUT2D eigenvalue weighted by Gasteiger charge is -2.21. The van der Waals surface area contributed by atoms with E-state index in [0.29, 0.717) is 23.6 Å². The molecular formula is C15H17F2N3O. The Bertz CT molecular complexity index is 643. The molecule has 0 amide bonds. The van der Waals surface area contributed by atoms with Gasteiger partial charge in [-0.05, 0) is 30.5 Å². The highest BCUT2D eigenvalue weighted by Crippen LogP contribution is 2.37. The molecule has 0 aliphatic carbocycles. The maximum Gasteiger partial charge on any atom is 0.129 e. The highest BCUT2D eigenvalue weighted by atomic mass is 19.1. The van der Waals surface area contributed by atoms with E-state index in [2.05, 4.69) is 5.10 Å². The summed E-state index contributed by atoms with van der Waals surface area (Å²) in [6.45, 7) is 1.30. The number of hydrogen-bond acceptors (Lipinski definition) is 3. The monoisotopic (exact) mass is 293 g/mol. The Morgan fingerprint density at radius 1 is 1.29 bits per heavy atom. The van der Waals surface area contributed by atoms with Gasteiger partial charge in [0, 0.05) is 31.2 Å². The molecule has 1 saturated heterocycles. The number of aryl methyl sites for hydroxylation is 1. The minimum atomic E-state index is -0.626. The predicted octanol–water partition coefficient (Wildman–Crippen LogP) is 2.84. The number of hydrogen-bond donors (Lipinski definition) is 1. The molecule has 0 spiro atoms. The number of halogens is 2. The molecule has 2 heterocycles. The van der Waals surface area contributed by atoms with Gasteiger partial charge in [0.15, 0.2) is 0 Å². The summed E-state index contributed by atoms with van der Waals surface area (Å²) in [7, 11) is 1.72. The van der Waals surface area contributed by atoms with E-state index in [1.54, 1.807) is 11.7 Å². The van der Waals surface area contributed by atoms with Crippen LogP contribution in [0.5, 0.6) is 0 Å². The number of nitrogens with zero attached hydrogens (tertiary/aromatic N) is 2. The van der Waals surface area contributed by atoms with Gasteiger partial charge in [0.1, 0.15) is 17.5 Å². The third kappa shape index (κ3) is 2.63. The van der Waals surface area contributed by atoms with Crippen molar-refractivity contribution >= 4 is 5.82 Å². The van der Waals surface area contributed by atoms with Gasteiger partial charge in [-0.15, -0.1) is 0 Å². The van der Waals surface area contributed by atoms with Gasteiger partial charge in [0.05, 0.1) is 12.3 Å². The largest absolute Gasteiger partial charge is 0.383 e. The number of nitrogens with two attached hydrogens (primary N) is 1. The molecule has 0 bridgehead atoms. The zero-order chi connectivity index (χ0) is 15.0. The summed E-state index contributed by atoms with van der Waals surface area (Å²) in [5.74, 6) is -0.748. The summed E-state index contributed by atoms with van der Waals surface area (Å²) in [5.41, 5.74) is 7.83. The molecule has 2 aromatic rings. The van der Waals surface area contributed by atoms with E-state index in [-0.39, 0.29) is 5.92 Å². The molecule has 4 nitrogen and oxygen atoms in total. The van der Waals surface area contributed by atoms with Crippen molar-refractivity contribution in [1.82, 2.24) is 9.78 Å². The molecular weight excluding hydrogens is 276 g/mol. The first kappa shape index (κ1) is 14.0. The van der Waals surface area contributed by atoms with E-state index in [1.807, 2.05) is 0 Å². The van der Waals surface area contributed by atoms with Crippen LogP contribution in [-0.2, 0) is 11.8 Å². The second-order valence-electron chi connectivity index (χ2n) is 5.34. The van der Waals surface area contributed by atoms with Crippen LogP contribution in [0.3, 0.4) is 0 Å². The minimum Gasteiger partial charge on any atom is -0.383 e. The van der Waals surface area contributed by atoms with Crippen LogP contribution in [0, 0.1) is 11.6 Å². The second-order valence-corrected chi connectivity index (χ2v) is 5.34. The number of nitrogen functional groups attached to an aromatic ring is 1. The standard InChI is InChI=1S/C15H17F2N3O/c1-20-15(18)13(10-5-11(16)7-12(17)6-10)14(19-20)9-3-2-4-21-8-9/h5-7,9H,2-4,8,18H2,1H3. The van der Waals surface area contributed by atoms with E-state index < -0.39 is 11.6 Å². The Morgan fingerprint density at radius 3 is 2.62 bits per heavy atom. The lowest BCUT2D eigenvalue weighted by atomic mass is 9.92. The van der Waals surface area contributed by atoms with Crippen molar-refractivity contribution in [3.05, 3.63) is 35.5 Å². The summed E-state index contributed by atoms with van der Waals surface area (Å²) >= 11 is 0. The molecule has 1 aromatic carbocycles. The number of anilines is 1. The Balaban J connectivity index is 2.12. The number of aromatic nitrogens is 2. The molecule has 6 heteroatoms. The molecule has 21 heavy (non-hydrogen) atoms. The van der Waals surface area contributed by atoms with Crippen LogP contribution in [-0.4, -0.2) is 23.0 Å². The Morgan fingerprint density at radius 2 is 2.00 bits per heavy atom. The molecule has 3 rings (SSSR count).